The second-order valence-corrected chi connectivity index (χ2v) is 7.05. The fourth-order valence-electron chi connectivity index (χ4n) is 3.51. The van der Waals surface area contributed by atoms with Crippen molar-refractivity contribution in [1.29, 1.82) is 0 Å². The molecule has 1 aromatic carbocycles. The third kappa shape index (κ3) is 5.96. The molecule has 2 atom stereocenters. The van der Waals surface area contributed by atoms with Crippen LogP contribution in [0.5, 0.6) is 0 Å². The Hall–Kier alpha value is -1.57. The van der Waals surface area contributed by atoms with Crippen LogP contribution in [0.1, 0.15) is 62.0 Å². The van der Waals surface area contributed by atoms with E-state index in [0.717, 1.165) is 36.8 Å². The number of nitrogens with zero attached hydrogens (tertiary/aromatic N) is 2. The van der Waals surface area contributed by atoms with Gasteiger partial charge in [-0.05, 0) is 36.7 Å². The summed E-state index contributed by atoms with van der Waals surface area (Å²) in [7, 11) is 1.80. The summed E-state index contributed by atoms with van der Waals surface area (Å²) in [6.45, 7) is 5.91. The fraction of sp³-hybridized carbons (Fsp3) is 0.524. The Bertz CT molecular complexity index is 712. The molecule has 1 aliphatic carbocycles. The van der Waals surface area contributed by atoms with Gasteiger partial charge in [-0.3, -0.25) is 4.99 Å². The number of aliphatic imine (C=N–C) groups is 1. The first-order chi connectivity index (χ1) is 12.7. The lowest BCUT2D eigenvalue weighted by atomic mass is 9.99. The van der Waals surface area contributed by atoms with Gasteiger partial charge in [0.15, 0.2) is 11.7 Å². The number of benzene rings is 1. The van der Waals surface area contributed by atoms with Gasteiger partial charge in [0.05, 0.1) is 12.2 Å². The number of rotatable bonds is 8. The number of hydrogen-bond donors (Lipinski definition) is 2. The lowest BCUT2D eigenvalue weighted by molar-refractivity contribution is 0.368. The van der Waals surface area contributed by atoms with Crippen molar-refractivity contribution in [1.82, 2.24) is 15.8 Å². The number of guanidine groups is 1. The van der Waals surface area contributed by atoms with E-state index in [9.17, 15) is 0 Å². The van der Waals surface area contributed by atoms with Gasteiger partial charge in [0.1, 0.15) is 0 Å². The number of hydrogen-bond acceptors (Lipinski definition) is 3. The normalized spacial score (nSPS) is 18.9. The zero-order chi connectivity index (χ0) is 18.4. The van der Waals surface area contributed by atoms with Crippen LogP contribution in [-0.4, -0.2) is 24.7 Å². The molecule has 0 amide bonds. The van der Waals surface area contributed by atoms with Crippen LogP contribution in [0.25, 0.3) is 0 Å². The topological polar surface area (TPSA) is 62.5 Å². The summed E-state index contributed by atoms with van der Waals surface area (Å²) in [4.78, 5) is 4.31. The largest absolute Gasteiger partial charge is 0.359 e. The number of aromatic nitrogens is 1. The monoisotopic (exact) mass is 482 g/mol. The highest BCUT2D eigenvalue weighted by Crippen LogP contribution is 2.46. The van der Waals surface area contributed by atoms with Crippen LogP contribution in [0.3, 0.4) is 0 Å². The quantitative estimate of drug-likeness (QED) is 0.326. The van der Waals surface area contributed by atoms with Crippen molar-refractivity contribution in [2.45, 2.75) is 51.5 Å². The zero-order valence-corrected chi connectivity index (χ0v) is 18.8. The average molecular weight is 482 g/mol. The maximum atomic E-state index is 5.46. The molecule has 6 heteroatoms. The Morgan fingerprint density at radius 3 is 2.63 bits per heavy atom. The molecular weight excluding hydrogens is 451 g/mol. The van der Waals surface area contributed by atoms with Gasteiger partial charge < -0.3 is 15.2 Å². The SMILES string of the molecule is CCC(CC)c1cc(CNC(=NC)NCC2CC2c2ccccc2)on1.I. The van der Waals surface area contributed by atoms with E-state index in [1.165, 1.54) is 12.0 Å². The summed E-state index contributed by atoms with van der Waals surface area (Å²) in [5, 5.41) is 11.0. The molecule has 27 heavy (non-hydrogen) atoms. The predicted molar refractivity (Wildman–Crippen MR) is 121 cm³/mol. The standard InChI is InChI=1S/C21H30N4O.HI/c1-4-15(5-2)20-12-18(26-25-20)14-24-21(22-3)23-13-17-11-19(17)16-9-7-6-8-10-16;/h6-10,12,15,17,19H,4-5,11,13-14H2,1-3H3,(H2,22,23,24);1H. The Labute approximate surface area is 179 Å². The molecule has 1 heterocycles. The number of nitrogens with one attached hydrogen (secondary N) is 2. The summed E-state index contributed by atoms with van der Waals surface area (Å²) >= 11 is 0. The van der Waals surface area contributed by atoms with E-state index in [1.807, 2.05) is 0 Å². The van der Waals surface area contributed by atoms with Crippen molar-refractivity contribution >= 4 is 29.9 Å². The zero-order valence-electron chi connectivity index (χ0n) is 16.4. The summed E-state index contributed by atoms with van der Waals surface area (Å²) < 4.78 is 5.46. The van der Waals surface area contributed by atoms with Crippen LogP contribution in [0, 0.1) is 5.92 Å². The van der Waals surface area contributed by atoms with E-state index in [2.05, 4.69) is 71.0 Å². The Morgan fingerprint density at radius 2 is 1.96 bits per heavy atom. The molecular formula is C21H31IN4O. The van der Waals surface area contributed by atoms with Crippen LogP contribution < -0.4 is 10.6 Å². The van der Waals surface area contributed by atoms with E-state index in [4.69, 9.17) is 4.52 Å². The Morgan fingerprint density at radius 1 is 1.22 bits per heavy atom. The molecule has 2 unspecified atom stereocenters. The highest BCUT2D eigenvalue weighted by atomic mass is 127. The molecule has 0 spiro atoms. The van der Waals surface area contributed by atoms with E-state index < -0.39 is 0 Å². The molecule has 0 saturated heterocycles. The van der Waals surface area contributed by atoms with Gasteiger partial charge in [0, 0.05) is 25.6 Å². The van der Waals surface area contributed by atoms with Crippen molar-refractivity contribution < 1.29 is 4.52 Å². The molecule has 1 aliphatic rings. The van der Waals surface area contributed by atoms with Gasteiger partial charge in [-0.25, -0.2) is 0 Å². The van der Waals surface area contributed by atoms with Crippen LogP contribution in [-0.2, 0) is 6.54 Å². The summed E-state index contributed by atoms with van der Waals surface area (Å²) in [6, 6.07) is 12.8. The van der Waals surface area contributed by atoms with Gasteiger partial charge in [-0.2, -0.15) is 0 Å². The summed E-state index contributed by atoms with van der Waals surface area (Å²) in [6.07, 6.45) is 3.42. The smallest absolute Gasteiger partial charge is 0.191 e. The highest BCUT2D eigenvalue weighted by Gasteiger charge is 2.37. The van der Waals surface area contributed by atoms with Gasteiger partial charge in [-0.1, -0.05) is 49.3 Å². The summed E-state index contributed by atoms with van der Waals surface area (Å²) in [5.74, 6) is 3.50. The van der Waals surface area contributed by atoms with Gasteiger partial charge >= 0.3 is 0 Å². The maximum Gasteiger partial charge on any atom is 0.191 e. The minimum absolute atomic E-state index is 0. The van der Waals surface area contributed by atoms with Crippen molar-refractivity contribution in [2.75, 3.05) is 13.6 Å². The molecule has 0 radical (unpaired) electrons. The lowest BCUT2D eigenvalue weighted by Gasteiger charge is -2.10. The van der Waals surface area contributed by atoms with E-state index in [-0.39, 0.29) is 24.0 Å². The van der Waals surface area contributed by atoms with Crippen molar-refractivity contribution in [3.05, 3.63) is 53.4 Å². The molecule has 0 aliphatic heterocycles. The molecule has 1 saturated carbocycles. The number of halogens is 1. The summed E-state index contributed by atoms with van der Waals surface area (Å²) in [5.41, 5.74) is 2.50. The third-order valence-corrected chi connectivity index (χ3v) is 5.32. The second-order valence-electron chi connectivity index (χ2n) is 7.05. The van der Waals surface area contributed by atoms with Crippen LogP contribution in [0.15, 0.2) is 45.9 Å². The predicted octanol–water partition coefficient (Wildman–Crippen LogP) is 4.66. The van der Waals surface area contributed by atoms with Crippen molar-refractivity contribution in [2.24, 2.45) is 10.9 Å². The van der Waals surface area contributed by atoms with Gasteiger partial charge in [0.2, 0.25) is 0 Å². The first-order valence-electron chi connectivity index (χ1n) is 9.70. The second kappa shape index (κ2) is 10.7. The van der Waals surface area contributed by atoms with Crippen LogP contribution in [0.2, 0.25) is 0 Å². The molecule has 148 valence electrons. The highest BCUT2D eigenvalue weighted by molar-refractivity contribution is 14.0. The Balaban J connectivity index is 0.00000261. The lowest BCUT2D eigenvalue weighted by Crippen LogP contribution is -2.37. The van der Waals surface area contributed by atoms with E-state index in [1.54, 1.807) is 7.05 Å². The third-order valence-electron chi connectivity index (χ3n) is 5.32. The van der Waals surface area contributed by atoms with Crippen molar-refractivity contribution in [3.63, 3.8) is 0 Å². The van der Waals surface area contributed by atoms with Gasteiger partial charge in [-0.15, -0.1) is 24.0 Å². The molecule has 0 bridgehead atoms. The fourth-order valence-corrected chi connectivity index (χ4v) is 3.51. The first kappa shape index (κ1) is 21.7. The van der Waals surface area contributed by atoms with E-state index >= 15 is 0 Å². The molecule has 3 rings (SSSR count). The molecule has 2 N–H and O–H groups in total. The average Bonchev–Trinajstić information content (AvgIpc) is 3.32. The molecule has 2 aromatic rings. The minimum Gasteiger partial charge on any atom is -0.359 e. The molecule has 1 fully saturated rings. The Kier molecular flexibility index (Phi) is 8.60. The van der Waals surface area contributed by atoms with Crippen LogP contribution in [0.4, 0.5) is 0 Å². The molecule has 5 nitrogen and oxygen atoms in total. The van der Waals surface area contributed by atoms with E-state index in [0.29, 0.717) is 24.3 Å². The maximum absolute atomic E-state index is 5.46. The van der Waals surface area contributed by atoms with Gasteiger partial charge in [0.25, 0.3) is 0 Å². The molecule has 1 aromatic heterocycles. The first-order valence-corrected chi connectivity index (χ1v) is 9.70. The van der Waals surface area contributed by atoms with Crippen molar-refractivity contribution in [3.8, 4) is 0 Å². The minimum atomic E-state index is 0. The van der Waals surface area contributed by atoms with Crippen LogP contribution >= 0.6 is 24.0 Å².